The molecule has 0 aromatic carbocycles. The van der Waals surface area contributed by atoms with E-state index in [1.54, 1.807) is 0 Å². The molecule has 0 aromatic rings. The predicted molar refractivity (Wildman–Crippen MR) is 83.2 cm³/mol. The van der Waals surface area contributed by atoms with Crippen LogP contribution in [0.4, 0.5) is 0 Å². The van der Waals surface area contributed by atoms with E-state index in [2.05, 4.69) is 38.3 Å². The summed E-state index contributed by atoms with van der Waals surface area (Å²) in [5, 5.41) is 7.40. The maximum atomic E-state index is 3.70. The Balaban J connectivity index is 3.66. The van der Waals surface area contributed by atoms with Gasteiger partial charge in [-0.3, -0.25) is 0 Å². The quantitative estimate of drug-likeness (QED) is 0.485. The molecule has 0 aromatic heterocycles. The van der Waals surface area contributed by atoms with Crippen molar-refractivity contribution in [3.8, 4) is 0 Å². The van der Waals surface area contributed by atoms with E-state index in [1.165, 1.54) is 51.4 Å². The Labute approximate surface area is 115 Å². The molecule has 0 saturated heterocycles. The average molecular weight is 256 g/mol. The van der Waals surface area contributed by atoms with Crippen LogP contribution in [0, 0.1) is 0 Å². The molecule has 0 aliphatic rings. The summed E-state index contributed by atoms with van der Waals surface area (Å²) < 4.78 is 0. The van der Waals surface area contributed by atoms with Crippen molar-refractivity contribution in [2.45, 2.75) is 91.1 Å². The minimum atomic E-state index is 0.734. The summed E-state index contributed by atoms with van der Waals surface area (Å²) in [6.45, 7) is 11.4. The molecule has 0 heterocycles. The van der Waals surface area contributed by atoms with Gasteiger partial charge >= 0.3 is 0 Å². The zero-order valence-electron chi connectivity index (χ0n) is 13.2. The number of rotatable bonds is 13. The lowest BCUT2D eigenvalue weighted by atomic mass is 10.1. The summed E-state index contributed by atoms with van der Waals surface area (Å²) >= 11 is 0. The van der Waals surface area contributed by atoms with Crippen molar-refractivity contribution in [2.75, 3.05) is 13.1 Å². The molecule has 0 unspecified atom stereocenters. The van der Waals surface area contributed by atoms with E-state index < -0.39 is 0 Å². The smallest absolute Gasteiger partial charge is 0.00794 e. The van der Waals surface area contributed by atoms with Crippen molar-refractivity contribution >= 4 is 0 Å². The number of hydrogen-bond acceptors (Lipinski definition) is 2. The topological polar surface area (TPSA) is 24.1 Å². The molecule has 0 fully saturated rings. The first-order chi connectivity index (χ1) is 8.78. The van der Waals surface area contributed by atoms with Crippen molar-refractivity contribution in [1.82, 2.24) is 10.6 Å². The minimum Gasteiger partial charge on any atom is -0.313 e. The van der Waals surface area contributed by atoms with Gasteiger partial charge in [-0.25, -0.2) is 0 Å². The van der Waals surface area contributed by atoms with Gasteiger partial charge in [0, 0.05) is 25.2 Å². The Morgan fingerprint density at radius 2 is 0.833 bits per heavy atom. The Hall–Kier alpha value is -0.0800. The molecule has 2 nitrogen and oxygen atoms in total. The van der Waals surface area contributed by atoms with Crippen molar-refractivity contribution in [2.24, 2.45) is 0 Å². The summed E-state index contributed by atoms with van der Waals surface area (Å²) in [7, 11) is 0. The van der Waals surface area contributed by atoms with Crippen LogP contribution in [-0.4, -0.2) is 25.2 Å². The third-order valence-corrected chi connectivity index (χ3v) is 3.54. The second kappa shape index (κ2) is 13.4. The van der Waals surface area contributed by atoms with Gasteiger partial charge in [-0.1, -0.05) is 53.4 Å². The fraction of sp³-hybridized carbons (Fsp3) is 1.00. The van der Waals surface area contributed by atoms with Gasteiger partial charge in [-0.2, -0.15) is 0 Å². The summed E-state index contributed by atoms with van der Waals surface area (Å²) in [4.78, 5) is 0. The lowest BCUT2D eigenvalue weighted by Crippen LogP contribution is -2.38. The molecule has 0 atom stereocenters. The molecule has 110 valence electrons. The normalized spacial score (nSPS) is 11.7. The molecule has 0 amide bonds. The number of hydrogen-bond donors (Lipinski definition) is 2. The van der Waals surface area contributed by atoms with Crippen LogP contribution in [-0.2, 0) is 0 Å². The molecule has 0 aliphatic carbocycles. The van der Waals surface area contributed by atoms with Gasteiger partial charge < -0.3 is 10.6 Å². The van der Waals surface area contributed by atoms with Crippen LogP contribution in [0.3, 0.4) is 0 Å². The van der Waals surface area contributed by atoms with Gasteiger partial charge in [0.1, 0.15) is 0 Å². The molecule has 0 saturated carbocycles. The van der Waals surface area contributed by atoms with Crippen LogP contribution >= 0.6 is 0 Å². The van der Waals surface area contributed by atoms with E-state index in [-0.39, 0.29) is 0 Å². The Morgan fingerprint density at radius 1 is 0.556 bits per heavy atom. The maximum absolute atomic E-state index is 3.70. The molecule has 0 rings (SSSR count). The summed E-state index contributed by atoms with van der Waals surface area (Å²) in [6.07, 6.45) is 10.4. The summed E-state index contributed by atoms with van der Waals surface area (Å²) in [5.41, 5.74) is 0. The fourth-order valence-electron chi connectivity index (χ4n) is 2.64. The zero-order chi connectivity index (χ0) is 13.6. The molecular weight excluding hydrogens is 220 g/mol. The molecule has 0 radical (unpaired) electrons. The highest BCUT2D eigenvalue weighted by molar-refractivity contribution is 4.69. The summed E-state index contributed by atoms with van der Waals surface area (Å²) in [5.74, 6) is 0. The summed E-state index contributed by atoms with van der Waals surface area (Å²) in [6, 6.07) is 1.47. The highest BCUT2D eigenvalue weighted by atomic mass is 15.0. The van der Waals surface area contributed by atoms with Crippen molar-refractivity contribution in [3.05, 3.63) is 0 Å². The third kappa shape index (κ3) is 9.90. The molecule has 2 N–H and O–H groups in total. The first-order valence-electron chi connectivity index (χ1n) is 8.25. The van der Waals surface area contributed by atoms with Crippen LogP contribution in [0.25, 0.3) is 0 Å². The van der Waals surface area contributed by atoms with E-state index in [9.17, 15) is 0 Å². The Kier molecular flexibility index (Phi) is 13.3. The lowest BCUT2D eigenvalue weighted by molar-refractivity contribution is 0.406. The van der Waals surface area contributed by atoms with Crippen molar-refractivity contribution < 1.29 is 0 Å². The van der Waals surface area contributed by atoms with E-state index in [0.29, 0.717) is 0 Å². The lowest BCUT2D eigenvalue weighted by Gasteiger charge is -2.20. The minimum absolute atomic E-state index is 0.734. The van der Waals surface area contributed by atoms with E-state index in [0.717, 1.165) is 25.2 Å². The molecule has 0 spiro atoms. The van der Waals surface area contributed by atoms with Crippen molar-refractivity contribution in [1.29, 1.82) is 0 Å². The highest BCUT2D eigenvalue weighted by Gasteiger charge is 2.07. The van der Waals surface area contributed by atoms with Gasteiger partial charge in [0.25, 0.3) is 0 Å². The molecule has 0 aliphatic heterocycles. The van der Waals surface area contributed by atoms with Gasteiger partial charge in [0.2, 0.25) is 0 Å². The SMILES string of the molecule is CCCC(CCC)NCCNC(CCC)CCC. The largest absolute Gasteiger partial charge is 0.313 e. The first kappa shape index (κ1) is 17.9. The zero-order valence-corrected chi connectivity index (χ0v) is 13.2. The van der Waals surface area contributed by atoms with Crippen LogP contribution in [0.1, 0.15) is 79.1 Å². The van der Waals surface area contributed by atoms with Crippen LogP contribution in [0.5, 0.6) is 0 Å². The van der Waals surface area contributed by atoms with E-state index >= 15 is 0 Å². The first-order valence-corrected chi connectivity index (χ1v) is 8.25. The van der Waals surface area contributed by atoms with Gasteiger partial charge in [-0.05, 0) is 25.7 Å². The third-order valence-electron chi connectivity index (χ3n) is 3.54. The Morgan fingerprint density at radius 3 is 1.06 bits per heavy atom. The highest BCUT2D eigenvalue weighted by Crippen LogP contribution is 2.05. The molecule has 0 bridgehead atoms. The molecule has 18 heavy (non-hydrogen) atoms. The second-order valence-electron chi connectivity index (χ2n) is 5.46. The standard InChI is InChI=1S/C16H36N2/c1-5-9-15(10-6-2)17-13-14-18-16(11-7-3)12-8-4/h15-18H,5-14H2,1-4H3. The fourth-order valence-corrected chi connectivity index (χ4v) is 2.64. The van der Waals surface area contributed by atoms with Crippen LogP contribution < -0.4 is 10.6 Å². The maximum Gasteiger partial charge on any atom is 0.00794 e. The second-order valence-corrected chi connectivity index (χ2v) is 5.46. The molecule has 2 heteroatoms. The van der Waals surface area contributed by atoms with E-state index in [4.69, 9.17) is 0 Å². The molecular formula is C16H36N2. The predicted octanol–water partition coefficient (Wildman–Crippen LogP) is 4.10. The van der Waals surface area contributed by atoms with Gasteiger partial charge in [0.05, 0.1) is 0 Å². The average Bonchev–Trinajstić information content (AvgIpc) is 2.35. The van der Waals surface area contributed by atoms with Crippen molar-refractivity contribution in [3.63, 3.8) is 0 Å². The van der Waals surface area contributed by atoms with Gasteiger partial charge in [-0.15, -0.1) is 0 Å². The monoisotopic (exact) mass is 256 g/mol. The van der Waals surface area contributed by atoms with Gasteiger partial charge in [0.15, 0.2) is 0 Å². The van der Waals surface area contributed by atoms with E-state index in [1.807, 2.05) is 0 Å². The van der Waals surface area contributed by atoms with Crippen LogP contribution in [0.15, 0.2) is 0 Å². The van der Waals surface area contributed by atoms with Crippen LogP contribution in [0.2, 0.25) is 0 Å². The number of nitrogens with one attached hydrogen (secondary N) is 2. The Bertz CT molecular complexity index is 129.